The zero-order chi connectivity index (χ0) is 14.4. The zero-order valence-electron chi connectivity index (χ0n) is 11.0. The first-order valence-corrected chi connectivity index (χ1v) is 7.32. The van der Waals surface area contributed by atoms with Gasteiger partial charge in [0.1, 0.15) is 5.75 Å². The van der Waals surface area contributed by atoms with Gasteiger partial charge in [-0.25, -0.2) is 4.98 Å². The van der Waals surface area contributed by atoms with Crippen LogP contribution in [0.25, 0.3) is 4.96 Å². The third kappa shape index (κ3) is 2.02. The molecule has 6 nitrogen and oxygen atoms in total. The Balaban J connectivity index is 1.70. The van der Waals surface area contributed by atoms with Gasteiger partial charge < -0.3 is 10.5 Å². The summed E-state index contributed by atoms with van der Waals surface area (Å²) in [5, 5.41) is 1.98. The molecule has 0 fully saturated rings. The molecule has 2 N–H and O–H groups in total. The predicted octanol–water partition coefficient (Wildman–Crippen LogP) is 1.90. The second-order valence-electron chi connectivity index (χ2n) is 4.82. The number of fused-ring (bicyclic) bond motifs is 2. The summed E-state index contributed by atoms with van der Waals surface area (Å²) in [5.74, 6) is 0.555. The van der Waals surface area contributed by atoms with Gasteiger partial charge in [0, 0.05) is 29.5 Å². The largest absolute Gasteiger partial charge is 0.481 e. The molecule has 106 valence electrons. The van der Waals surface area contributed by atoms with Gasteiger partial charge in [-0.3, -0.25) is 14.1 Å². The lowest BCUT2D eigenvalue weighted by Crippen LogP contribution is -2.38. The van der Waals surface area contributed by atoms with E-state index >= 15 is 0 Å². The number of anilines is 2. The molecular formula is C14H12N4O2S. The normalized spacial score (nSPS) is 14.3. The number of amides is 1. The monoisotopic (exact) mass is 300 g/mol. The lowest BCUT2D eigenvalue weighted by molar-refractivity contribution is -0.121. The highest BCUT2D eigenvalue weighted by molar-refractivity contribution is 7.15. The van der Waals surface area contributed by atoms with Crippen molar-refractivity contribution >= 4 is 33.6 Å². The van der Waals surface area contributed by atoms with Gasteiger partial charge in [0.15, 0.2) is 11.6 Å². The van der Waals surface area contributed by atoms with Crippen molar-refractivity contribution in [3.05, 3.63) is 41.7 Å². The Morgan fingerprint density at radius 1 is 1.43 bits per heavy atom. The lowest BCUT2D eigenvalue weighted by Gasteiger charge is -2.28. The van der Waals surface area contributed by atoms with Crippen molar-refractivity contribution in [3.63, 3.8) is 0 Å². The molecule has 0 radical (unpaired) electrons. The Kier molecular flexibility index (Phi) is 2.61. The number of aromatic nitrogens is 2. The van der Waals surface area contributed by atoms with Gasteiger partial charge in [0.05, 0.1) is 17.9 Å². The van der Waals surface area contributed by atoms with Crippen molar-refractivity contribution in [1.29, 1.82) is 0 Å². The summed E-state index contributed by atoms with van der Waals surface area (Å²) in [5.41, 5.74) is 7.95. The van der Waals surface area contributed by atoms with E-state index in [-0.39, 0.29) is 12.5 Å². The molecule has 1 aromatic carbocycles. The van der Waals surface area contributed by atoms with Crippen molar-refractivity contribution in [1.82, 2.24) is 9.38 Å². The molecule has 1 aliphatic heterocycles. The van der Waals surface area contributed by atoms with Crippen LogP contribution in [0.2, 0.25) is 0 Å². The minimum absolute atomic E-state index is 0.0265. The Hall–Kier alpha value is -2.54. The van der Waals surface area contributed by atoms with E-state index in [4.69, 9.17) is 10.5 Å². The maximum Gasteiger partial charge on any atom is 0.265 e. The highest BCUT2D eigenvalue weighted by Crippen LogP contribution is 2.34. The van der Waals surface area contributed by atoms with E-state index in [2.05, 4.69) is 4.98 Å². The average Bonchev–Trinajstić information content (AvgIpc) is 3.03. The summed E-state index contributed by atoms with van der Waals surface area (Å²) in [6.45, 7) is 0.451. The first-order valence-electron chi connectivity index (χ1n) is 6.44. The quantitative estimate of drug-likeness (QED) is 0.734. The topological polar surface area (TPSA) is 72.9 Å². The van der Waals surface area contributed by atoms with E-state index in [0.717, 1.165) is 16.3 Å². The number of carbonyl (C=O) groups excluding carboxylic acids is 1. The van der Waals surface area contributed by atoms with E-state index in [0.29, 0.717) is 18.0 Å². The van der Waals surface area contributed by atoms with Gasteiger partial charge in [0.25, 0.3) is 5.91 Å². The molecule has 2 aromatic heterocycles. The van der Waals surface area contributed by atoms with Crippen molar-refractivity contribution in [2.75, 3.05) is 17.2 Å². The molecule has 0 atom stereocenters. The maximum absolute atomic E-state index is 12.1. The summed E-state index contributed by atoms with van der Waals surface area (Å²) in [4.78, 5) is 19.3. The number of imidazole rings is 1. The van der Waals surface area contributed by atoms with E-state index < -0.39 is 0 Å². The van der Waals surface area contributed by atoms with Gasteiger partial charge in [-0.15, -0.1) is 11.3 Å². The highest BCUT2D eigenvalue weighted by atomic mass is 32.1. The first kappa shape index (κ1) is 12.2. The number of hydrogen-bond acceptors (Lipinski definition) is 5. The Labute approximate surface area is 124 Å². The molecule has 21 heavy (non-hydrogen) atoms. The fourth-order valence-electron chi connectivity index (χ4n) is 2.41. The van der Waals surface area contributed by atoms with Gasteiger partial charge >= 0.3 is 0 Å². The number of carbonyl (C=O) groups is 1. The molecule has 0 saturated carbocycles. The van der Waals surface area contributed by atoms with Gasteiger partial charge in [-0.05, 0) is 12.1 Å². The van der Waals surface area contributed by atoms with Crippen molar-refractivity contribution in [2.24, 2.45) is 0 Å². The number of hydrogen-bond donors (Lipinski definition) is 1. The van der Waals surface area contributed by atoms with Crippen LogP contribution in [0.3, 0.4) is 0 Å². The van der Waals surface area contributed by atoms with E-state index in [9.17, 15) is 4.79 Å². The standard InChI is InChI=1S/C14H12N4O2S/c15-9-1-2-11-12(5-9)20-8-13(19)18(11)7-10-6-17-3-4-21-14(17)16-10/h1-6H,7-8,15H2. The van der Waals surface area contributed by atoms with Gasteiger partial charge in [-0.1, -0.05) is 0 Å². The number of nitrogen functional groups attached to an aromatic ring is 1. The fraction of sp³-hybridized carbons (Fsp3) is 0.143. The average molecular weight is 300 g/mol. The van der Waals surface area contributed by atoms with Crippen LogP contribution in [-0.4, -0.2) is 21.9 Å². The van der Waals surface area contributed by atoms with E-state index in [1.807, 2.05) is 22.2 Å². The van der Waals surface area contributed by atoms with Crippen LogP contribution in [0.5, 0.6) is 5.75 Å². The molecule has 0 saturated heterocycles. The van der Waals surface area contributed by atoms with Crippen LogP contribution in [0.1, 0.15) is 5.69 Å². The number of ether oxygens (including phenoxy) is 1. The van der Waals surface area contributed by atoms with Crippen LogP contribution in [0, 0.1) is 0 Å². The van der Waals surface area contributed by atoms with Crippen LogP contribution in [0.15, 0.2) is 36.0 Å². The Bertz CT molecular complexity index is 810. The maximum atomic E-state index is 12.1. The smallest absolute Gasteiger partial charge is 0.265 e. The highest BCUT2D eigenvalue weighted by Gasteiger charge is 2.26. The summed E-state index contributed by atoms with van der Waals surface area (Å²) in [6.07, 6.45) is 3.89. The SMILES string of the molecule is Nc1ccc2c(c1)OCC(=O)N2Cc1cn2ccsc2n1. The number of nitrogens with zero attached hydrogens (tertiary/aromatic N) is 3. The lowest BCUT2D eigenvalue weighted by atomic mass is 10.2. The summed E-state index contributed by atoms with van der Waals surface area (Å²) >= 11 is 1.57. The van der Waals surface area contributed by atoms with Crippen molar-refractivity contribution in [2.45, 2.75) is 6.54 Å². The number of benzene rings is 1. The van der Waals surface area contributed by atoms with Crippen molar-refractivity contribution in [3.8, 4) is 5.75 Å². The van der Waals surface area contributed by atoms with Crippen molar-refractivity contribution < 1.29 is 9.53 Å². The molecule has 0 bridgehead atoms. The minimum atomic E-state index is -0.0800. The number of rotatable bonds is 2. The summed E-state index contributed by atoms with van der Waals surface area (Å²) in [7, 11) is 0. The van der Waals surface area contributed by atoms with Gasteiger partial charge in [0.2, 0.25) is 0 Å². The molecule has 3 aromatic rings. The molecule has 3 heterocycles. The second-order valence-corrected chi connectivity index (χ2v) is 5.69. The second kappa shape index (κ2) is 4.49. The number of nitrogens with two attached hydrogens (primary N) is 1. The molecule has 7 heteroatoms. The fourth-order valence-corrected chi connectivity index (χ4v) is 3.13. The molecular weight excluding hydrogens is 288 g/mol. The zero-order valence-corrected chi connectivity index (χ0v) is 11.8. The predicted molar refractivity (Wildman–Crippen MR) is 80.6 cm³/mol. The summed E-state index contributed by atoms with van der Waals surface area (Å²) < 4.78 is 7.39. The number of thiazole rings is 1. The first-order chi connectivity index (χ1) is 10.2. The molecule has 0 unspecified atom stereocenters. The molecule has 0 spiro atoms. The van der Waals surface area contributed by atoms with Crippen LogP contribution in [-0.2, 0) is 11.3 Å². The minimum Gasteiger partial charge on any atom is -0.481 e. The molecule has 0 aliphatic carbocycles. The molecule has 1 amide bonds. The van der Waals surface area contributed by atoms with Gasteiger partial charge in [-0.2, -0.15) is 0 Å². The summed E-state index contributed by atoms with van der Waals surface area (Å²) in [6, 6.07) is 5.31. The molecule has 4 rings (SSSR count). The van der Waals surface area contributed by atoms with Crippen LogP contribution < -0.4 is 15.4 Å². The Morgan fingerprint density at radius 2 is 2.33 bits per heavy atom. The van der Waals surface area contributed by atoms with E-state index in [1.165, 1.54) is 0 Å². The molecule has 1 aliphatic rings. The third-order valence-electron chi connectivity index (χ3n) is 3.39. The van der Waals surface area contributed by atoms with Crippen LogP contribution in [0.4, 0.5) is 11.4 Å². The Morgan fingerprint density at radius 3 is 3.19 bits per heavy atom. The van der Waals surface area contributed by atoms with Crippen LogP contribution >= 0.6 is 11.3 Å². The van der Waals surface area contributed by atoms with E-state index in [1.54, 1.807) is 34.4 Å². The third-order valence-corrected chi connectivity index (χ3v) is 4.16.